The Morgan fingerprint density at radius 3 is 2.38 bits per heavy atom. The van der Waals surface area contributed by atoms with Crippen molar-refractivity contribution in [1.82, 2.24) is 4.31 Å². The van der Waals surface area contributed by atoms with Gasteiger partial charge in [-0.3, -0.25) is 0 Å². The fourth-order valence-electron chi connectivity index (χ4n) is 2.98. The molecule has 118 valence electrons. The van der Waals surface area contributed by atoms with Gasteiger partial charge < -0.3 is 5.73 Å². The maximum Gasteiger partial charge on any atom is 0.218 e. The van der Waals surface area contributed by atoms with Crippen LogP contribution in [0, 0.1) is 11.3 Å². The summed E-state index contributed by atoms with van der Waals surface area (Å²) in [6.45, 7) is 7.96. The van der Waals surface area contributed by atoms with Gasteiger partial charge in [-0.15, -0.1) is 0 Å². The van der Waals surface area contributed by atoms with Gasteiger partial charge in [0.05, 0.1) is 5.75 Å². The lowest BCUT2D eigenvalue weighted by molar-refractivity contribution is 0.154. The van der Waals surface area contributed by atoms with E-state index < -0.39 is 10.0 Å². The second-order valence-corrected chi connectivity index (χ2v) is 9.01. The van der Waals surface area contributed by atoms with Crippen LogP contribution in [0.5, 0.6) is 0 Å². The molecule has 21 heavy (non-hydrogen) atoms. The lowest BCUT2D eigenvalue weighted by atomic mass is 9.76. The smallest absolute Gasteiger partial charge is 0.218 e. The molecule has 0 spiro atoms. The van der Waals surface area contributed by atoms with E-state index in [1.54, 1.807) is 22.5 Å². The fourth-order valence-corrected chi connectivity index (χ4v) is 4.54. The highest BCUT2D eigenvalue weighted by Gasteiger charge is 2.33. The molecule has 0 unspecified atom stereocenters. The number of rotatable bonds is 3. The summed E-state index contributed by atoms with van der Waals surface area (Å²) in [7, 11) is -3.24. The highest BCUT2D eigenvalue weighted by Crippen LogP contribution is 2.35. The molecule has 1 heterocycles. The number of anilines is 1. The van der Waals surface area contributed by atoms with Crippen LogP contribution in [0.2, 0.25) is 0 Å². The van der Waals surface area contributed by atoms with Crippen molar-refractivity contribution >= 4 is 15.7 Å². The summed E-state index contributed by atoms with van der Waals surface area (Å²) in [5, 5.41) is 0. The molecule has 0 aliphatic carbocycles. The van der Waals surface area contributed by atoms with Crippen molar-refractivity contribution in [2.45, 2.75) is 39.4 Å². The molecule has 0 atom stereocenters. The number of nitrogens with two attached hydrogens (primary N) is 1. The van der Waals surface area contributed by atoms with Gasteiger partial charge in [0.15, 0.2) is 0 Å². The van der Waals surface area contributed by atoms with E-state index in [1.807, 2.05) is 6.07 Å². The quantitative estimate of drug-likeness (QED) is 0.873. The van der Waals surface area contributed by atoms with E-state index in [0.717, 1.165) is 18.4 Å². The minimum absolute atomic E-state index is 0.0399. The van der Waals surface area contributed by atoms with E-state index in [1.165, 1.54) is 0 Å². The van der Waals surface area contributed by atoms with Crippen molar-refractivity contribution in [3.8, 4) is 0 Å². The van der Waals surface area contributed by atoms with Crippen LogP contribution >= 0.6 is 0 Å². The minimum atomic E-state index is -3.24. The van der Waals surface area contributed by atoms with Crippen LogP contribution < -0.4 is 5.73 Å². The van der Waals surface area contributed by atoms with Crippen LogP contribution in [0.3, 0.4) is 0 Å². The normalized spacial score (nSPS) is 18.8. The molecule has 0 amide bonds. The molecule has 4 nitrogen and oxygen atoms in total. The maximum absolute atomic E-state index is 12.5. The van der Waals surface area contributed by atoms with Crippen LogP contribution in [0.4, 0.5) is 5.69 Å². The maximum atomic E-state index is 12.5. The Bertz CT molecular complexity index is 583. The van der Waals surface area contributed by atoms with E-state index in [-0.39, 0.29) is 11.2 Å². The van der Waals surface area contributed by atoms with Crippen molar-refractivity contribution in [3.63, 3.8) is 0 Å². The van der Waals surface area contributed by atoms with Crippen LogP contribution in [0.1, 0.15) is 39.2 Å². The minimum Gasteiger partial charge on any atom is -0.399 e. The molecule has 5 heteroatoms. The molecular formula is C16H26N2O2S. The van der Waals surface area contributed by atoms with Crippen molar-refractivity contribution in [2.24, 2.45) is 11.3 Å². The van der Waals surface area contributed by atoms with Gasteiger partial charge >= 0.3 is 0 Å². The standard InChI is InChI=1S/C16H26N2O2S/c1-16(2,3)14-7-9-18(10-8-14)21(19,20)12-13-5-4-6-15(17)11-13/h4-6,11,14H,7-10,12,17H2,1-3H3. The first-order chi connectivity index (χ1) is 9.68. The molecule has 2 N–H and O–H groups in total. The van der Waals surface area contributed by atoms with Crippen molar-refractivity contribution in [2.75, 3.05) is 18.8 Å². The van der Waals surface area contributed by atoms with Gasteiger partial charge in [0, 0.05) is 18.8 Å². The third kappa shape index (κ3) is 4.20. The first-order valence-corrected chi connectivity index (χ1v) is 9.11. The summed E-state index contributed by atoms with van der Waals surface area (Å²) in [6.07, 6.45) is 1.89. The lowest BCUT2D eigenvalue weighted by Crippen LogP contribution is -2.41. The molecule has 1 aromatic rings. The molecule has 0 aromatic heterocycles. The summed E-state index contributed by atoms with van der Waals surface area (Å²) in [5.74, 6) is 0.634. The number of hydrogen-bond donors (Lipinski definition) is 1. The Balaban J connectivity index is 2.02. The average Bonchev–Trinajstić information content (AvgIpc) is 2.37. The summed E-state index contributed by atoms with van der Waals surface area (Å²) in [6, 6.07) is 7.12. The molecule has 1 aliphatic heterocycles. The summed E-state index contributed by atoms with van der Waals surface area (Å²) < 4.78 is 26.7. The third-order valence-corrected chi connectivity index (χ3v) is 6.22. The van der Waals surface area contributed by atoms with Gasteiger partial charge in [0.2, 0.25) is 10.0 Å². The number of nitrogen functional groups attached to an aromatic ring is 1. The lowest BCUT2D eigenvalue weighted by Gasteiger charge is -2.38. The monoisotopic (exact) mass is 310 g/mol. The van der Waals surface area contributed by atoms with Crippen molar-refractivity contribution in [3.05, 3.63) is 29.8 Å². The first kappa shape index (κ1) is 16.3. The van der Waals surface area contributed by atoms with Gasteiger partial charge in [0.1, 0.15) is 0 Å². The Kier molecular flexibility index (Phi) is 4.63. The zero-order chi connectivity index (χ0) is 15.7. The second-order valence-electron chi connectivity index (χ2n) is 7.04. The Labute approximate surface area is 128 Å². The predicted molar refractivity (Wildman–Crippen MR) is 87.2 cm³/mol. The van der Waals surface area contributed by atoms with Crippen molar-refractivity contribution < 1.29 is 8.42 Å². The highest BCUT2D eigenvalue weighted by atomic mass is 32.2. The number of sulfonamides is 1. The second kappa shape index (κ2) is 5.97. The van der Waals surface area contributed by atoms with Crippen LogP contribution in [-0.4, -0.2) is 25.8 Å². The van der Waals surface area contributed by atoms with Crippen LogP contribution in [0.15, 0.2) is 24.3 Å². The zero-order valence-corrected chi connectivity index (χ0v) is 14.0. The summed E-state index contributed by atoms with van der Waals surface area (Å²) in [5.41, 5.74) is 7.33. The SMILES string of the molecule is CC(C)(C)C1CCN(S(=O)(=O)Cc2cccc(N)c2)CC1. The topological polar surface area (TPSA) is 63.4 Å². The van der Waals surface area contributed by atoms with Gasteiger partial charge in [-0.1, -0.05) is 32.9 Å². The van der Waals surface area contributed by atoms with Crippen molar-refractivity contribution in [1.29, 1.82) is 0 Å². The molecular weight excluding hydrogens is 284 g/mol. The molecule has 1 saturated heterocycles. The Morgan fingerprint density at radius 1 is 1.24 bits per heavy atom. The molecule has 1 aromatic carbocycles. The number of nitrogens with zero attached hydrogens (tertiary/aromatic N) is 1. The molecule has 1 fully saturated rings. The molecule has 0 bridgehead atoms. The van der Waals surface area contributed by atoms with E-state index >= 15 is 0 Å². The molecule has 1 aliphatic rings. The Morgan fingerprint density at radius 2 is 1.86 bits per heavy atom. The van der Waals surface area contributed by atoms with Crippen LogP contribution in [0.25, 0.3) is 0 Å². The van der Waals surface area contributed by atoms with Crippen LogP contribution in [-0.2, 0) is 15.8 Å². The average molecular weight is 310 g/mol. The zero-order valence-electron chi connectivity index (χ0n) is 13.2. The van der Waals surface area contributed by atoms with Gasteiger partial charge in [0.25, 0.3) is 0 Å². The first-order valence-electron chi connectivity index (χ1n) is 7.51. The van der Waals surface area contributed by atoms with Gasteiger partial charge in [-0.2, -0.15) is 0 Å². The molecule has 0 radical (unpaired) electrons. The third-order valence-electron chi connectivity index (χ3n) is 4.37. The van der Waals surface area contributed by atoms with Gasteiger partial charge in [-0.05, 0) is 41.9 Å². The van der Waals surface area contributed by atoms with E-state index in [0.29, 0.717) is 24.7 Å². The Hall–Kier alpha value is -1.07. The number of benzene rings is 1. The number of hydrogen-bond acceptors (Lipinski definition) is 3. The molecule has 2 rings (SSSR count). The number of piperidine rings is 1. The highest BCUT2D eigenvalue weighted by molar-refractivity contribution is 7.88. The fraction of sp³-hybridized carbons (Fsp3) is 0.625. The van der Waals surface area contributed by atoms with E-state index in [4.69, 9.17) is 5.73 Å². The molecule has 0 saturated carbocycles. The summed E-state index contributed by atoms with van der Waals surface area (Å²) in [4.78, 5) is 0. The van der Waals surface area contributed by atoms with Gasteiger partial charge in [-0.25, -0.2) is 12.7 Å². The van der Waals surface area contributed by atoms with E-state index in [9.17, 15) is 8.42 Å². The largest absolute Gasteiger partial charge is 0.399 e. The predicted octanol–water partition coefficient (Wildman–Crippen LogP) is 2.86. The van der Waals surface area contributed by atoms with E-state index in [2.05, 4.69) is 20.8 Å². The summed E-state index contributed by atoms with van der Waals surface area (Å²) >= 11 is 0.